The summed E-state index contributed by atoms with van der Waals surface area (Å²) in [6.07, 6.45) is 0. The maximum atomic E-state index is 13.7. The Morgan fingerprint density at radius 3 is 1.81 bits per heavy atom. The van der Waals surface area contributed by atoms with Crippen LogP contribution in [0.4, 0.5) is 0 Å². The predicted octanol–water partition coefficient (Wildman–Crippen LogP) is 4.10. The summed E-state index contributed by atoms with van der Waals surface area (Å²) < 4.78 is 1.96. The van der Waals surface area contributed by atoms with Crippen LogP contribution in [0.5, 0.6) is 0 Å². The van der Waals surface area contributed by atoms with Crippen LogP contribution in [-0.4, -0.2) is 10.5 Å². The molecular weight excluding hydrogens is 332 g/mol. The van der Waals surface area contributed by atoms with Crippen molar-refractivity contribution in [2.75, 3.05) is 0 Å². The van der Waals surface area contributed by atoms with Gasteiger partial charge in [0.15, 0.2) is 11.0 Å². The summed E-state index contributed by atoms with van der Waals surface area (Å²) in [5.41, 5.74) is 7.50. The average molecular weight is 349 g/mol. The Labute approximate surface area is 156 Å². The first-order valence-electron chi connectivity index (χ1n) is 9.59. The first-order chi connectivity index (χ1) is 13.3. The van der Waals surface area contributed by atoms with E-state index >= 15 is 0 Å². The molecule has 8 rings (SSSR count). The van der Waals surface area contributed by atoms with E-state index in [1.807, 2.05) is 22.8 Å². The van der Waals surface area contributed by atoms with Crippen molar-refractivity contribution < 1.29 is 9.78 Å². The maximum Gasteiger partial charge on any atom is 0.319 e. The fourth-order valence-corrected chi connectivity index (χ4v) is 6.02. The van der Waals surface area contributed by atoms with Crippen LogP contribution in [0.15, 0.2) is 72.8 Å². The van der Waals surface area contributed by atoms with Gasteiger partial charge in [0.1, 0.15) is 0 Å². The van der Waals surface area contributed by atoms with E-state index in [4.69, 9.17) is 0 Å². The third-order valence-corrected chi connectivity index (χ3v) is 6.91. The fraction of sp³-hybridized carbons (Fsp3) is 0.167. The molecule has 2 unspecified atom stereocenters. The highest BCUT2D eigenvalue weighted by molar-refractivity contribution is 5.96. The number of nitrogens with one attached hydrogen (secondary N) is 1. The highest BCUT2D eigenvalue weighted by Crippen LogP contribution is 2.63. The van der Waals surface area contributed by atoms with Crippen molar-refractivity contribution in [3.8, 4) is 0 Å². The van der Waals surface area contributed by atoms with E-state index in [1.165, 1.54) is 22.3 Å². The number of para-hydroxylation sites is 2. The van der Waals surface area contributed by atoms with Crippen LogP contribution in [0.2, 0.25) is 0 Å². The van der Waals surface area contributed by atoms with Crippen LogP contribution in [0.25, 0.3) is 11.0 Å². The van der Waals surface area contributed by atoms with Gasteiger partial charge in [-0.15, -0.1) is 0 Å². The molecule has 0 amide bonds. The first-order valence-corrected chi connectivity index (χ1v) is 9.59. The second kappa shape index (κ2) is 4.55. The number of carbonyl (C=O) groups excluding carboxylic acids is 1. The summed E-state index contributed by atoms with van der Waals surface area (Å²) in [6.45, 7) is 0. The smallest absolute Gasteiger partial charge is 0.246 e. The number of benzene rings is 3. The lowest BCUT2D eigenvalue weighted by molar-refractivity contribution is -0.362. The molecular formula is C24H17N2O+. The molecule has 3 aromatic carbocycles. The Kier molecular flexibility index (Phi) is 2.35. The largest absolute Gasteiger partial charge is 0.319 e. The molecule has 4 aromatic rings. The van der Waals surface area contributed by atoms with Crippen LogP contribution in [0, 0.1) is 5.92 Å². The van der Waals surface area contributed by atoms with E-state index < -0.39 is 0 Å². The van der Waals surface area contributed by atoms with Crippen molar-refractivity contribution in [2.24, 2.45) is 5.92 Å². The number of aromatic nitrogens is 2. The van der Waals surface area contributed by atoms with E-state index in [0.717, 1.165) is 16.9 Å². The number of rotatable bonds is 0. The number of H-pyrrole nitrogens is 1. The van der Waals surface area contributed by atoms with Crippen molar-refractivity contribution in [3.63, 3.8) is 0 Å². The fourth-order valence-electron chi connectivity index (χ4n) is 6.02. The number of hydrogen-bond acceptors (Lipinski definition) is 1. The molecule has 1 aromatic heterocycles. The van der Waals surface area contributed by atoms with Gasteiger partial charge in [-0.3, -0.25) is 0 Å². The highest BCUT2D eigenvalue weighted by Gasteiger charge is 2.62. The summed E-state index contributed by atoms with van der Waals surface area (Å²) in [6, 6.07) is 25.6. The van der Waals surface area contributed by atoms with Crippen LogP contribution in [0.1, 0.15) is 50.6 Å². The van der Waals surface area contributed by atoms with Gasteiger partial charge in [-0.05, 0) is 34.4 Å². The molecule has 2 atom stereocenters. The van der Waals surface area contributed by atoms with Crippen LogP contribution < -0.4 is 4.98 Å². The zero-order valence-corrected chi connectivity index (χ0v) is 14.6. The molecule has 1 N–H and O–H groups in total. The molecule has 3 aliphatic carbocycles. The molecule has 2 bridgehead atoms. The van der Waals surface area contributed by atoms with Gasteiger partial charge in [0.2, 0.25) is 0 Å². The topological polar surface area (TPSA) is 36.1 Å². The zero-order chi connectivity index (χ0) is 17.7. The molecule has 128 valence electrons. The number of aromatic amines is 1. The van der Waals surface area contributed by atoms with Crippen LogP contribution >= 0.6 is 0 Å². The van der Waals surface area contributed by atoms with E-state index in [1.54, 1.807) is 0 Å². The first kappa shape index (κ1) is 13.9. The molecule has 0 radical (unpaired) electrons. The van der Waals surface area contributed by atoms with Gasteiger partial charge in [0.05, 0.1) is 11.8 Å². The summed E-state index contributed by atoms with van der Waals surface area (Å²) >= 11 is 0. The normalized spacial score (nSPS) is 26.6. The third kappa shape index (κ3) is 1.47. The van der Waals surface area contributed by atoms with E-state index in [0.29, 0.717) is 0 Å². The molecule has 0 fully saturated rings. The Hall–Kier alpha value is -3.20. The Morgan fingerprint density at radius 2 is 1.19 bits per heavy atom. The SMILES string of the molecule is O=C1C2C3c4ccccc4C(c4ccccc43)C2c2[nH+]c3ccccc3n21. The lowest BCUT2D eigenvalue weighted by atomic mass is 9.55. The summed E-state index contributed by atoms with van der Waals surface area (Å²) in [4.78, 5) is 17.3. The van der Waals surface area contributed by atoms with Gasteiger partial charge < -0.3 is 0 Å². The van der Waals surface area contributed by atoms with Crippen LogP contribution in [-0.2, 0) is 0 Å². The van der Waals surface area contributed by atoms with Crippen molar-refractivity contribution in [2.45, 2.75) is 17.8 Å². The van der Waals surface area contributed by atoms with Crippen molar-refractivity contribution in [3.05, 3.63) is 101 Å². The van der Waals surface area contributed by atoms with Crippen LogP contribution in [0.3, 0.4) is 0 Å². The lowest BCUT2D eigenvalue weighted by Crippen LogP contribution is -2.40. The second-order valence-electron chi connectivity index (χ2n) is 7.97. The summed E-state index contributed by atoms with van der Waals surface area (Å²) in [5, 5.41) is 0. The van der Waals surface area contributed by atoms with E-state index in [9.17, 15) is 4.79 Å². The quantitative estimate of drug-likeness (QED) is 0.471. The number of carbonyl (C=O) groups is 1. The van der Waals surface area contributed by atoms with Gasteiger partial charge in [-0.2, -0.15) is 4.57 Å². The van der Waals surface area contributed by atoms with Gasteiger partial charge in [0.25, 0.3) is 5.82 Å². The molecule has 0 saturated carbocycles. The van der Waals surface area contributed by atoms with Crippen molar-refractivity contribution in [1.29, 1.82) is 0 Å². The average Bonchev–Trinajstić information content (AvgIpc) is 3.24. The number of fused-ring (bicyclic) bond motifs is 3. The minimum Gasteiger partial charge on any atom is -0.246 e. The maximum absolute atomic E-state index is 13.7. The molecule has 3 nitrogen and oxygen atoms in total. The molecule has 3 heteroatoms. The monoisotopic (exact) mass is 349 g/mol. The third-order valence-electron chi connectivity index (χ3n) is 6.91. The second-order valence-corrected chi connectivity index (χ2v) is 7.97. The van der Waals surface area contributed by atoms with Gasteiger partial charge in [-0.1, -0.05) is 60.7 Å². The molecule has 4 aliphatic rings. The highest BCUT2D eigenvalue weighted by atomic mass is 16.2. The summed E-state index contributed by atoms with van der Waals surface area (Å²) in [7, 11) is 0. The number of imidazole rings is 1. The van der Waals surface area contributed by atoms with Gasteiger partial charge in [-0.25, -0.2) is 9.78 Å². The molecule has 2 heterocycles. The Balaban J connectivity index is 1.59. The minimum absolute atomic E-state index is 0.0179. The Morgan fingerprint density at radius 1 is 0.667 bits per heavy atom. The van der Waals surface area contributed by atoms with E-state index in [2.05, 4.69) is 59.6 Å². The molecule has 0 saturated heterocycles. The zero-order valence-electron chi connectivity index (χ0n) is 14.6. The predicted molar refractivity (Wildman–Crippen MR) is 102 cm³/mol. The minimum atomic E-state index is -0.0179. The molecule has 1 aliphatic heterocycles. The summed E-state index contributed by atoms with van der Waals surface area (Å²) in [5.74, 6) is 1.86. The lowest BCUT2D eigenvalue weighted by Gasteiger charge is -2.45. The van der Waals surface area contributed by atoms with E-state index in [-0.39, 0.29) is 29.6 Å². The van der Waals surface area contributed by atoms with Crippen molar-refractivity contribution >= 4 is 16.9 Å². The molecule has 27 heavy (non-hydrogen) atoms. The molecule has 0 spiro atoms. The number of nitrogens with zero attached hydrogens (tertiary/aromatic N) is 1. The Bertz CT molecular complexity index is 1240. The number of hydrogen-bond donors (Lipinski definition) is 0. The van der Waals surface area contributed by atoms with Crippen molar-refractivity contribution in [1.82, 2.24) is 4.57 Å². The standard InChI is InChI=1S/C24H16N2O/c27-24-22-20-15-9-3-1-7-13(15)19(14-8-2-4-10-16(14)20)21(22)23-25-17-11-5-6-12-18(17)26(23)24/h1-12,19-22H/p+1. The van der Waals surface area contributed by atoms with Gasteiger partial charge >= 0.3 is 5.91 Å². The van der Waals surface area contributed by atoms with Gasteiger partial charge in [0, 0.05) is 11.8 Å².